The largest absolute Gasteiger partial charge is 0.507 e. The Labute approximate surface area is 132 Å². The maximum atomic E-state index is 11.6. The van der Waals surface area contributed by atoms with Gasteiger partial charge >= 0.3 is 11.9 Å². The second kappa shape index (κ2) is 10.5. The van der Waals surface area contributed by atoms with Crippen LogP contribution in [-0.2, 0) is 14.3 Å². The van der Waals surface area contributed by atoms with Crippen molar-refractivity contribution in [3.8, 4) is 5.75 Å². The number of hydrogen-bond acceptors (Lipinski definition) is 7. The van der Waals surface area contributed by atoms with E-state index >= 15 is 0 Å². The lowest BCUT2D eigenvalue weighted by atomic mass is 10.2. The molecule has 5 N–H and O–H groups in total. The molecule has 0 aliphatic rings. The standard InChI is InChI=1S/C12H13NO6S.CH5N/c14-9-4-2-1-3-7(9)12(18)19-5-10(15)13-8(6-20)11(16)17;1-2/h1-4,8,14,20H,5-6H2,(H,13,15)(H,16,17);2H2,1H3. The van der Waals surface area contributed by atoms with Crippen LogP contribution in [0.25, 0.3) is 0 Å². The van der Waals surface area contributed by atoms with E-state index in [1.54, 1.807) is 0 Å². The monoisotopic (exact) mass is 330 g/mol. The molecular formula is C13H18N2O6S. The summed E-state index contributed by atoms with van der Waals surface area (Å²) in [5.74, 6) is -3.24. The van der Waals surface area contributed by atoms with E-state index in [9.17, 15) is 19.5 Å². The summed E-state index contributed by atoms with van der Waals surface area (Å²) < 4.78 is 4.67. The normalized spacial score (nSPS) is 10.7. The molecule has 0 radical (unpaired) electrons. The van der Waals surface area contributed by atoms with Gasteiger partial charge < -0.3 is 26.0 Å². The second-order valence-corrected chi connectivity index (χ2v) is 4.10. The minimum atomic E-state index is -1.24. The van der Waals surface area contributed by atoms with Crippen LogP contribution in [-0.4, -0.2) is 53.5 Å². The summed E-state index contributed by atoms with van der Waals surface area (Å²) in [5.41, 5.74) is 4.42. The quantitative estimate of drug-likeness (QED) is 0.354. The smallest absolute Gasteiger partial charge is 0.342 e. The fraction of sp³-hybridized carbons (Fsp3) is 0.308. The number of rotatable bonds is 6. The highest BCUT2D eigenvalue weighted by molar-refractivity contribution is 7.80. The molecule has 0 aromatic heterocycles. The Morgan fingerprint density at radius 2 is 1.91 bits per heavy atom. The summed E-state index contributed by atoms with van der Waals surface area (Å²) in [6, 6.07) is 4.54. The summed E-state index contributed by atoms with van der Waals surface area (Å²) >= 11 is 3.77. The Morgan fingerprint density at radius 1 is 1.32 bits per heavy atom. The van der Waals surface area contributed by atoms with Crippen molar-refractivity contribution in [1.29, 1.82) is 0 Å². The predicted molar refractivity (Wildman–Crippen MR) is 81.9 cm³/mol. The maximum absolute atomic E-state index is 11.6. The first-order valence-corrected chi connectivity index (χ1v) is 6.74. The Hall–Kier alpha value is -2.26. The third-order valence-corrected chi connectivity index (χ3v) is 2.64. The van der Waals surface area contributed by atoms with Crippen molar-refractivity contribution >= 4 is 30.5 Å². The van der Waals surface area contributed by atoms with Crippen molar-refractivity contribution in [3.05, 3.63) is 29.8 Å². The number of carbonyl (C=O) groups excluding carboxylic acids is 2. The number of amides is 1. The zero-order chi connectivity index (χ0) is 17.1. The van der Waals surface area contributed by atoms with Gasteiger partial charge in [0.05, 0.1) is 0 Å². The number of esters is 1. The van der Waals surface area contributed by atoms with Crippen molar-refractivity contribution in [2.45, 2.75) is 6.04 Å². The molecular weight excluding hydrogens is 312 g/mol. The predicted octanol–water partition coefficient (Wildman–Crippen LogP) is -0.377. The van der Waals surface area contributed by atoms with E-state index in [1.165, 1.54) is 31.3 Å². The summed E-state index contributed by atoms with van der Waals surface area (Å²) in [5, 5.41) is 20.3. The number of ether oxygens (including phenoxy) is 1. The highest BCUT2D eigenvalue weighted by Gasteiger charge is 2.19. The number of carboxylic acids is 1. The SMILES string of the molecule is CN.O=C(COC(=O)c1ccccc1O)NC(CS)C(=O)O. The van der Waals surface area contributed by atoms with E-state index in [1.807, 2.05) is 0 Å². The highest BCUT2D eigenvalue weighted by Crippen LogP contribution is 2.16. The van der Waals surface area contributed by atoms with Gasteiger partial charge in [-0.15, -0.1) is 0 Å². The molecule has 8 nitrogen and oxygen atoms in total. The zero-order valence-electron chi connectivity index (χ0n) is 11.9. The number of phenolic OH excluding ortho intramolecular Hbond substituents is 1. The van der Waals surface area contributed by atoms with Gasteiger partial charge in [-0.25, -0.2) is 9.59 Å². The third-order valence-electron chi connectivity index (χ3n) is 2.27. The molecule has 1 amide bonds. The van der Waals surface area contributed by atoms with Gasteiger partial charge in [-0.05, 0) is 19.2 Å². The zero-order valence-corrected chi connectivity index (χ0v) is 12.7. The molecule has 1 unspecified atom stereocenters. The molecule has 0 heterocycles. The molecule has 0 saturated carbocycles. The lowest BCUT2D eigenvalue weighted by molar-refractivity contribution is -0.141. The molecule has 9 heteroatoms. The molecule has 1 aromatic carbocycles. The van der Waals surface area contributed by atoms with Crippen molar-refractivity contribution < 1.29 is 29.3 Å². The minimum Gasteiger partial charge on any atom is -0.507 e. The number of phenols is 1. The maximum Gasteiger partial charge on any atom is 0.342 e. The molecule has 0 aliphatic heterocycles. The Morgan fingerprint density at radius 3 is 2.41 bits per heavy atom. The molecule has 0 spiro atoms. The fourth-order valence-corrected chi connectivity index (χ4v) is 1.52. The van der Waals surface area contributed by atoms with Gasteiger partial charge in [-0.3, -0.25) is 4.79 Å². The van der Waals surface area contributed by atoms with Crippen LogP contribution in [0.4, 0.5) is 0 Å². The first-order chi connectivity index (χ1) is 10.5. The van der Waals surface area contributed by atoms with Crippen molar-refractivity contribution in [1.82, 2.24) is 5.32 Å². The Bertz CT molecular complexity index is 523. The van der Waals surface area contributed by atoms with E-state index in [0.717, 1.165) is 0 Å². The van der Waals surface area contributed by atoms with Crippen molar-refractivity contribution in [2.75, 3.05) is 19.4 Å². The number of carbonyl (C=O) groups is 3. The topological polar surface area (TPSA) is 139 Å². The fourth-order valence-electron chi connectivity index (χ4n) is 1.28. The Balaban J connectivity index is 0.00000211. The van der Waals surface area contributed by atoms with Crippen molar-refractivity contribution in [3.63, 3.8) is 0 Å². The van der Waals surface area contributed by atoms with Gasteiger partial charge in [-0.2, -0.15) is 12.6 Å². The number of thiol groups is 1. The minimum absolute atomic E-state index is 0.0794. The van der Waals surface area contributed by atoms with Crippen LogP contribution in [0.1, 0.15) is 10.4 Å². The molecule has 22 heavy (non-hydrogen) atoms. The van der Waals surface area contributed by atoms with Crippen LogP contribution in [0.3, 0.4) is 0 Å². The number of aliphatic carboxylic acids is 1. The van der Waals surface area contributed by atoms with E-state index < -0.39 is 30.5 Å². The van der Waals surface area contributed by atoms with Crippen LogP contribution >= 0.6 is 12.6 Å². The van der Waals surface area contributed by atoms with E-state index in [0.29, 0.717) is 0 Å². The first kappa shape index (κ1) is 19.7. The number of carboxylic acid groups (broad SMARTS) is 1. The summed E-state index contributed by atoms with van der Waals surface area (Å²) in [7, 11) is 1.50. The molecule has 1 atom stereocenters. The van der Waals surface area contributed by atoms with Gasteiger partial charge in [0.2, 0.25) is 0 Å². The molecule has 0 saturated heterocycles. The van der Waals surface area contributed by atoms with Gasteiger partial charge in [0.25, 0.3) is 5.91 Å². The molecule has 0 fully saturated rings. The lowest BCUT2D eigenvalue weighted by Crippen LogP contribution is -2.43. The van der Waals surface area contributed by atoms with Gasteiger partial charge in [0, 0.05) is 5.75 Å². The van der Waals surface area contributed by atoms with Crippen LogP contribution in [0.5, 0.6) is 5.75 Å². The van der Waals surface area contributed by atoms with E-state index in [4.69, 9.17) is 5.11 Å². The van der Waals surface area contributed by atoms with E-state index in [2.05, 4.69) is 28.4 Å². The van der Waals surface area contributed by atoms with Crippen LogP contribution in [0, 0.1) is 0 Å². The molecule has 0 bridgehead atoms. The van der Waals surface area contributed by atoms with Crippen LogP contribution in [0.15, 0.2) is 24.3 Å². The third kappa shape index (κ3) is 6.46. The molecule has 1 rings (SSSR count). The van der Waals surface area contributed by atoms with E-state index in [-0.39, 0.29) is 17.1 Å². The number of para-hydroxylation sites is 1. The number of aromatic hydroxyl groups is 1. The van der Waals surface area contributed by atoms with Crippen molar-refractivity contribution in [2.24, 2.45) is 5.73 Å². The molecule has 1 aromatic rings. The second-order valence-electron chi connectivity index (χ2n) is 3.73. The van der Waals surface area contributed by atoms with Gasteiger partial charge in [-0.1, -0.05) is 12.1 Å². The summed E-state index contributed by atoms with van der Waals surface area (Å²) in [4.78, 5) is 33.6. The lowest BCUT2D eigenvalue weighted by Gasteiger charge is -2.12. The first-order valence-electron chi connectivity index (χ1n) is 6.11. The molecule has 0 aliphatic carbocycles. The summed E-state index contributed by atoms with van der Waals surface area (Å²) in [6.45, 7) is -0.648. The van der Waals surface area contributed by atoms with Gasteiger partial charge in [0.15, 0.2) is 6.61 Å². The van der Waals surface area contributed by atoms with Gasteiger partial charge in [0.1, 0.15) is 17.4 Å². The highest BCUT2D eigenvalue weighted by atomic mass is 32.1. The average molecular weight is 330 g/mol. The average Bonchev–Trinajstić information content (AvgIpc) is 2.52. The number of hydrogen-bond donors (Lipinski definition) is 5. The number of nitrogens with one attached hydrogen (secondary N) is 1. The Kier molecular flexibility index (Phi) is 9.39. The molecule has 122 valence electrons. The van der Waals surface area contributed by atoms with Crippen LogP contribution < -0.4 is 11.1 Å². The number of benzene rings is 1. The number of nitrogens with two attached hydrogens (primary N) is 1. The van der Waals surface area contributed by atoms with Crippen LogP contribution in [0.2, 0.25) is 0 Å². The summed E-state index contributed by atoms with van der Waals surface area (Å²) in [6.07, 6.45) is 0.